The number of Topliss-reactive ketones (excluding diaryl/α,β-unsaturated/α-hetero) is 1. The molecule has 0 radical (unpaired) electrons. The average molecular weight is 343 g/mol. The molecule has 0 spiro atoms. The van der Waals surface area contributed by atoms with Crippen LogP contribution in [0.1, 0.15) is 21.5 Å². The Balaban J connectivity index is 1.93. The third-order valence-corrected chi connectivity index (χ3v) is 3.60. The van der Waals surface area contributed by atoms with E-state index in [-0.39, 0.29) is 17.7 Å². The lowest BCUT2D eigenvalue weighted by molar-refractivity contribution is -0.385. The highest BCUT2D eigenvalue weighted by Gasteiger charge is 2.16. The predicted molar refractivity (Wildman–Crippen MR) is 89.8 cm³/mol. The van der Waals surface area contributed by atoms with E-state index in [1.54, 1.807) is 38.3 Å². The van der Waals surface area contributed by atoms with Gasteiger partial charge in [-0.05, 0) is 24.6 Å². The maximum atomic E-state index is 12.1. The van der Waals surface area contributed by atoms with E-state index in [2.05, 4.69) is 0 Å². The second kappa shape index (κ2) is 8.05. The summed E-state index contributed by atoms with van der Waals surface area (Å²) in [4.78, 5) is 34.2. The van der Waals surface area contributed by atoms with Crippen molar-refractivity contribution in [3.8, 4) is 5.75 Å². The number of nitrogens with zero attached hydrogens (tertiary/aromatic N) is 1. The van der Waals surface area contributed by atoms with Crippen LogP contribution < -0.4 is 4.74 Å². The molecule has 7 nitrogen and oxygen atoms in total. The maximum Gasteiger partial charge on any atom is 0.310 e. The van der Waals surface area contributed by atoms with Gasteiger partial charge in [0.2, 0.25) is 5.78 Å². The fourth-order valence-corrected chi connectivity index (χ4v) is 2.17. The summed E-state index contributed by atoms with van der Waals surface area (Å²) in [5.41, 5.74) is 1.17. The summed E-state index contributed by atoms with van der Waals surface area (Å²) >= 11 is 0. The van der Waals surface area contributed by atoms with E-state index in [4.69, 9.17) is 9.47 Å². The van der Waals surface area contributed by atoms with Gasteiger partial charge < -0.3 is 9.47 Å². The number of aryl methyl sites for hydroxylation is 1. The standard InChI is InChI=1S/C18H17NO6/c1-12-3-6-14(10-16(12)19(22)23)17(20)11-25-18(21)9-13-4-7-15(24-2)8-5-13/h3-8,10H,9,11H2,1-2H3. The van der Waals surface area contributed by atoms with Crippen LogP contribution in [0.3, 0.4) is 0 Å². The normalized spacial score (nSPS) is 10.2. The van der Waals surface area contributed by atoms with Crippen LogP contribution in [0, 0.1) is 17.0 Å². The summed E-state index contributed by atoms with van der Waals surface area (Å²) in [7, 11) is 1.55. The van der Waals surface area contributed by atoms with Gasteiger partial charge in [0.1, 0.15) is 5.75 Å². The van der Waals surface area contributed by atoms with Gasteiger partial charge in [0.05, 0.1) is 18.5 Å². The highest BCUT2D eigenvalue weighted by atomic mass is 16.6. The molecule has 0 bridgehead atoms. The molecule has 2 aromatic carbocycles. The number of benzene rings is 2. The molecular weight excluding hydrogens is 326 g/mol. The summed E-state index contributed by atoms with van der Waals surface area (Å²) in [6, 6.07) is 11.1. The van der Waals surface area contributed by atoms with Gasteiger partial charge in [-0.2, -0.15) is 0 Å². The molecule has 0 saturated heterocycles. The van der Waals surface area contributed by atoms with Crippen LogP contribution in [0.4, 0.5) is 5.69 Å². The minimum Gasteiger partial charge on any atom is -0.497 e. The molecule has 0 aliphatic carbocycles. The second-order valence-corrected chi connectivity index (χ2v) is 5.37. The Kier molecular flexibility index (Phi) is 5.84. The number of hydrogen-bond acceptors (Lipinski definition) is 6. The van der Waals surface area contributed by atoms with Gasteiger partial charge in [-0.15, -0.1) is 0 Å². The van der Waals surface area contributed by atoms with Gasteiger partial charge in [-0.1, -0.05) is 24.3 Å². The number of rotatable bonds is 7. The van der Waals surface area contributed by atoms with Crippen molar-refractivity contribution in [2.45, 2.75) is 13.3 Å². The summed E-state index contributed by atoms with van der Waals surface area (Å²) in [6.07, 6.45) is 0.0192. The molecule has 0 heterocycles. The lowest BCUT2D eigenvalue weighted by atomic mass is 10.1. The SMILES string of the molecule is COc1ccc(CC(=O)OCC(=O)c2ccc(C)c([N+](=O)[O-])c2)cc1. The monoisotopic (exact) mass is 343 g/mol. The average Bonchev–Trinajstić information content (AvgIpc) is 2.60. The minimum absolute atomic E-state index is 0.0192. The summed E-state index contributed by atoms with van der Waals surface area (Å²) in [5, 5.41) is 10.9. The highest BCUT2D eigenvalue weighted by Crippen LogP contribution is 2.19. The van der Waals surface area contributed by atoms with E-state index >= 15 is 0 Å². The minimum atomic E-state index is -0.555. The number of methoxy groups -OCH3 is 1. The second-order valence-electron chi connectivity index (χ2n) is 5.37. The van der Waals surface area contributed by atoms with Crippen LogP contribution >= 0.6 is 0 Å². The van der Waals surface area contributed by atoms with Crippen LogP contribution in [0.5, 0.6) is 5.75 Å². The molecule has 7 heteroatoms. The lowest BCUT2D eigenvalue weighted by Crippen LogP contribution is -2.16. The topological polar surface area (TPSA) is 95.7 Å². The Morgan fingerprint density at radius 1 is 1.12 bits per heavy atom. The van der Waals surface area contributed by atoms with Gasteiger partial charge in [-0.3, -0.25) is 19.7 Å². The number of carbonyl (C=O) groups is 2. The van der Waals surface area contributed by atoms with Crippen LogP contribution in [0.15, 0.2) is 42.5 Å². The van der Waals surface area contributed by atoms with Crippen molar-refractivity contribution in [2.75, 3.05) is 13.7 Å². The molecule has 0 aliphatic rings. The largest absolute Gasteiger partial charge is 0.497 e. The third-order valence-electron chi connectivity index (χ3n) is 3.60. The molecular formula is C18H17NO6. The molecule has 0 N–H and O–H groups in total. The summed E-state index contributed by atoms with van der Waals surface area (Å²) in [6.45, 7) is 1.12. The molecule has 0 amide bonds. The van der Waals surface area contributed by atoms with Crippen LogP contribution in [0.25, 0.3) is 0 Å². The zero-order chi connectivity index (χ0) is 18.4. The molecule has 0 aliphatic heterocycles. The molecule has 0 saturated carbocycles. The van der Waals surface area contributed by atoms with Gasteiger partial charge in [-0.25, -0.2) is 0 Å². The van der Waals surface area contributed by atoms with Gasteiger partial charge >= 0.3 is 5.97 Å². The maximum absolute atomic E-state index is 12.1. The van der Waals surface area contributed by atoms with Crippen LogP contribution in [-0.4, -0.2) is 30.4 Å². The zero-order valence-electron chi connectivity index (χ0n) is 13.9. The summed E-state index contributed by atoms with van der Waals surface area (Å²) < 4.78 is 9.99. The van der Waals surface area contributed by atoms with Gasteiger partial charge in [0, 0.05) is 17.2 Å². The Morgan fingerprint density at radius 2 is 1.80 bits per heavy atom. The van der Waals surface area contributed by atoms with Crippen molar-refractivity contribution in [3.05, 3.63) is 69.3 Å². The lowest BCUT2D eigenvalue weighted by Gasteiger charge is -2.06. The van der Waals surface area contributed by atoms with Gasteiger partial charge in [0.15, 0.2) is 6.61 Å². The first kappa shape index (κ1) is 18.1. The number of esters is 1. The van der Waals surface area contributed by atoms with Crippen molar-refractivity contribution in [2.24, 2.45) is 0 Å². The number of nitro groups is 1. The van der Waals surface area contributed by atoms with Crippen LogP contribution in [0.2, 0.25) is 0 Å². The number of hydrogen-bond donors (Lipinski definition) is 0. The molecule has 2 aromatic rings. The predicted octanol–water partition coefficient (Wildman–Crippen LogP) is 2.88. The molecule has 0 atom stereocenters. The number of ketones is 1. The van der Waals surface area contributed by atoms with Crippen molar-refractivity contribution >= 4 is 17.4 Å². The Hall–Kier alpha value is -3.22. The molecule has 25 heavy (non-hydrogen) atoms. The molecule has 2 rings (SSSR count). The smallest absolute Gasteiger partial charge is 0.310 e. The molecule has 0 unspecified atom stereocenters. The van der Waals surface area contributed by atoms with E-state index in [9.17, 15) is 19.7 Å². The zero-order valence-corrected chi connectivity index (χ0v) is 13.9. The van der Waals surface area contributed by atoms with E-state index in [1.165, 1.54) is 18.2 Å². The fourth-order valence-electron chi connectivity index (χ4n) is 2.17. The van der Waals surface area contributed by atoms with Crippen molar-refractivity contribution < 1.29 is 24.0 Å². The number of ether oxygens (including phenoxy) is 2. The first-order valence-electron chi connectivity index (χ1n) is 7.47. The van der Waals surface area contributed by atoms with Crippen LogP contribution in [-0.2, 0) is 16.0 Å². The Bertz CT molecular complexity index is 798. The number of nitro benzene ring substituents is 1. The van der Waals surface area contributed by atoms with Crippen molar-refractivity contribution in [3.63, 3.8) is 0 Å². The van der Waals surface area contributed by atoms with Crippen molar-refractivity contribution in [1.82, 2.24) is 0 Å². The fraction of sp³-hybridized carbons (Fsp3) is 0.222. The third kappa shape index (κ3) is 4.87. The van der Waals surface area contributed by atoms with E-state index in [0.29, 0.717) is 11.3 Å². The van der Waals surface area contributed by atoms with Gasteiger partial charge in [0.25, 0.3) is 5.69 Å². The Labute approximate surface area is 144 Å². The number of carbonyl (C=O) groups excluding carboxylic acids is 2. The highest BCUT2D eigenvalue weighted by molar-refractivity contribution is 5.98. The van der Waals surface area contributed by atoms with E-state index < -0.39 is 23.3 Å². The van der Waals surface area contributed by atoms with E-state index in [1.807, 2.05) is 0 Å². The summed E-state index contributed by atoms with van der Waals surface area (Å²) in [5.74, 6) is -0.375. The molecule has 0 aromatic heterocycles. The Morgan fingerprint density at radius 3 is 2.40 bits per heavy atom. The first-order chi connectivity index (χ1) is 11.9. The van der Waals surface area contributed by atoms with E-state index in [0.717, 1.165) is 5.56 Å². The molecule has 0 fully saturated rings. The first-order valence-corrected chi connectivity index (χ1v) is 7.47. The van der Waals surface area contributed by atoms with Crippen molar-refractivity contribution in [1.29, 1.82) is 0 Å². The molecule has 130 valence electrons. The quantitative estimate of drug-likeness (QED) is 0.332.